The maximum Gasteiger partial charge on any atom is 0.161 e. The lowest BCUT2D eigenvalue weighted by molar-refractivity contribution is -0.257. The third kappa shape index (κ3) is 5.06. The average Bonchev–Trinajstić information content (AvgIpc) is 3.22. The fourth-order valence-electron chi connectivity index (χ4n) is 2.69. The Labute approximate surface area is 172 Å². The smallest absolute Gasteiger partial charge is 0.161 e. The molecular weight excluding hydrogens is 389 g/mol. The van der Waals surface area contributed by atoms with E-state index >= 15 is 0 Å². The molecule has 0 spiro atoms. The SMILES string of the molecule is CCOc1cc(/C=C(/C#N)c2ccc(F)cc2)ccc1OCc1ccc(C(=O)[O-])o1. The summed E-state index contributed by atoms with van der Waals surface area (Å²) in [7, 11) is 0. The van der Waals surface area contributed by atoms with Gasteiger partial charge in [-0.05, 0) is 60.5 Å². The molecule has 0 fully saturated rings. The first-order chi connectivity index (χ1) is 14.5. The number of carboxylic acid groups (broad SMARTS) is 1. The van der Waals surface area contributed by atoms with E-state index in [-0.39, 0.29) is 18.2 Å². The number of halogens is 1. The summed E-state index contributed by atoms with van der Waals surface area (Å²) in [5.74, 6) is -0.844. The monoisotopic (exact) mass is 406 g/mol. The predicted octanol–water partition coefficient (Wildman–Crippen LogP) is 3.82. The van der Waals surface area contributed by atoms with Gasteiger partial charge in [-0.2, -0.15) is 5.26 Å². The number of nitrogens with zero attached hydrogens (tertiary/aromatic N) is 1. The van der Waals surface area contributed by atoms with Crippen molar-refractivity contribution in [2.45, 2.75) is 13.5 Å². The second kappa shape index (κ2) is 9.43. The maximum atomic E-state index is 13.1. The minimum Gasteiger partial charge on any atom is -0.542 e. The number of benzene rings is 2. The summed E-state index contributed by atoms with van der Waals surface area (Å²) >= 11 is 0. The minimum atomic E-state index is -1.40. The Morgan fingerprint density at radius 1 is 1.13 bits per heavy atom. The van der Waals surface area contributed by atoms with Gasteiger partial charge in [-0.25, -0.2) is 4.39 Å². The molecule has 152 valence electrons. The Hall–Kier alpha value is -4.05. The summed E-state index contributed by atoms with van der Waals surface area (Å²) in [6.07, 6.45) is 1.66. The van der Waals surface area contributed by atoms with Crippen LogP contribution in [-0.2, 0) is 6.61 Å². The molecule has 3 rings (SSSR count). The van der Waals surface area contributed by atoms with E-state index in [0.29, 0.717) is 40.6 Å². The van der Waals surface area contributed by atoms with Crippen LogP contribution < -0.4 is 14.6 Å². The molecule has 0 saturated carbocycles. The Morgan fingerprint density at radius 2 is 1.90 bits per heavy atom. The lowest BCUT2D eigenvalue weighted by Crippen LogP contribution is -2.21. The van der Waals surface area contributed by atoms with E-state index in [1.807, 2.05) is 6.92 Å². The zero-order chi connectivity index (χ0) is 21.5. The number of hydrogen-bond donors (Lipinski definition) is 0. The van der Waals surface area contributed by atoms with Crippen molar-refractivity contribution in [1.29, 1.82) is 5.26 Å². The van der Waals surface area contributed by atoms with Crippen molar-refractivity contribution in [3.05, 3.63) is 83.1 Å². The first kappa shape index (κ1) is 20.7. The van der Waals surface area contributed by atoms with Crippen molar-refractivity contribution in [2.75, 3.05) is 6.61 Å². The van der Waals surface area contributed by atoms with Crippen molar-refractivity contribution in [1.82, 2.24) is 0 Å². The molecular formula is C23H17FNO5-. The Balaban J connectivity index is 1.82. The molecule has 0 atom stereocenters. The summed E-state index contributed by atoms with van der Waals surface area (Å²) < 4.78 is 29.6. The average molecular weight is 406 g/mol. The maximum absolute atomic E-state index is 13.1. The molecule has 2 aromatic carbocycles. The van der Waals surface area contributed by atoms with Crippen LogP contribution in [0.4, 0.5) is 4.39 Å². The Kier molecular flexibility index (Phi) is 6.50. The molecule has 0 aliphatic carbocycles. The molecule has 30 heavy (non-hydrogen) atoms. The van der Waals surface area contributed by atoms with E-state index < -0.39 is 5.97 Å². The topological polar surface area (TPSA) is 95.5 Å². The molecule has 0 radical (unpaired) electrons. The largest absolute Gasteiger partial charge is 0.542 e. The number of carboxylic acids is 1. The highest BCUT2D eigenvalue weighted by Gasteiger charge is 2.10. The van der Waals surface area contributed by atoms with Crippen LogP contribution in [0.1, 0.15) is 34.4 Å². The van der Waals surface area contributed by atoms with E-state index in [9.17, 15) is 19.6 Å². The fourth-order valence-corrected chi connectivity index (χ4v) is 2.69. The molecule has 7 heteroatoms. The van der Waals surface area contributed by atoms with Crippen LogP contribution in [0.25, 0.3) is 11.6 Å². The number of hydrogen-bond acceptors (Lipinski definition) is 6. The normalized spacial score (nSPS) is 11.0. The number of ether oxygens (including phenoxy) is 2. The van der Waals surface area contributed by atoms with Crippen LogP contribution in [0.5, 0.6) is 11.5 Å². The van der Waals surface area contributed by atoms with Crippen molar-refractivity contribution in [2.24, 2.45) is 0 Å². The van der Waals surface area contributed by atoms with E-state index in [1.54, 1.807) is 24.3 Å². The van der Waals surface area contributed by atoms with E-state index in [0.717, 1.165) is 0 Å². The van der Waals surface area contributed by atoms with Crippen molar-refractivity contribution < 1.29 is 28.2 Å². The second-order valence-corrected chi connectivity index (χ2v) is 6.16. The first-order valence-electron chi connectivity index (χ1n) is 9.07. The van der Waals surface area contributed by atoms with Gasteiger partial charge in [0.1, 0.15) is 29.9 Å². The number of carbonyl (C=O) groups is 1. The Bertz CT molecular complexity index is 1110. The summed E-state index contributed by atoms with van der Waals surface area (Å²) in [5, 5.41) is 20.2. The molecule has 0 aliphatic heterocycles. The number of carbonyl (C=O) groups excluding carboxylic acids is 1. The van der Waals surface area contributed by atoms with Crippen molar-refractivity contribution in [3.8, 4) is 17.6 Å². The third-order valence-corrected chi connectivity index (χ3v) is 4.09. The molecule has 0 unspecified atom stereocenters. The van der Waals surface area contributed by atoms with Gasteiger partial charge in [-0.1, -0.05) is 18.2 Å². The van der Waals surface area contributed by atoms with Crippen molar-refractivity contribution >= 4 is 17.6 Å². The molecule has 0 saturated heterocycles. The highest BCUT2D eigenvalue weighted by molar-refractivity contribution is 5.89. The molecule has 0 N–H and O–H groups in total. The number of allylic oxidation sites excluding steroid dienone is 1. The Morgan fingerprint density at radius 3 is 2.53 bits per heavy atom. The lowest BCUT2D eigenvalue weighted by atomic mass is 10.0. The molecule has 0 amide bonds. The number of furan rings is 1. The van der Waals surface area contributed by atoms with E-state index in [2.05, 4.69) is 6.07 Å². The van der Waals surface area contributed by atoms with Crippen LogP contribution in [0.2, 0.25) is 0 Å². The molecule has 3 aromatic rings. The molecule has 1 heterocycles. The standard InChI is InChI=1S/C23H18FNO5/c1-2-28-22-12-15(11-17(13-25)16-4-6-18(24)7-5-16)3-9-20(22)29-14-19-8-10-21(30-19)23(26)27/h3-12H,2,14H2,1H3,(H,26,27)/p-1/b17-11-. The summed E-state index contributed by atoms with van der Waals surface area (Å²) in [6.45, 7) is 2.22. The quantitative estimate of drug-likeness (QED) is 0.417. The van der Waals surface area contributed by atoms with Gasteiger partial charge in [-0.3, -0.25) is 0 Å². The number of rotatable bonds is 8. The van der Waals surface area contributed by atoms with Gasteiger partial charge >= 0.3 is 0 Å². The summed E-state index contributed by atoms with van der Waals surface area (Å²) in [4.78, 5) is 10.8. The van der Waals surface area contributed by atoms with Gasteiger partial charge in [0.25, 0.3) is 0 Å². The molecule has 6 nitrogen and oxygen atoms in total. The fraction of sp³-hybridized carbons (Fsp3) is 0.130. The molecule has 0 aliphatic rings. The minimum absolute atomic E-state index is 0.00155. The van der Waals surface area contributed by atoms with Gasteiger partial charge in [0.05, 0.1) is 18.2 Å². The number of aromatic carboxylic acids is 1. The van der Waals surface area contributed by atoms with Crippen LogP contribution in [-0.4, -0.2) is 12.6 Å². The van der Waals surface area contributed by atoms with Gasteiger partial charge in [0, 0.05) is 0 Å². The summed E-state index contributed by atoms with van der Waals surface area (Å²) in [6, 6.07) is 15.7. The summed E-state index contributed by atoms with van der Waals surface area (Å²) in [5.41, 5.74) is 1.67. The van der Waals surface area contributed by atoms with Crippen LogP contribution in [0.3, 0.4) is 0 Å². The van der Waals surface area contributed by atoms with Crippen molar-refractivity contribution in [3.63, 3.8) is 0 Å². The predicted molar refractivity (Wildman–Crippen MR) is 105 cm³/mol. The van der Waals surface area contributed by atoms with Crippen LogP contribution >= 0.6 is 0 Å². The van der Waals surface area contributed by atoms with Crippen LogP contribution in [0.15, 0.2) is 59.0 Å². The molecule has 1 aromatic heterocycles. The van der Waals surface area contributed by atoms with Gasteiger partial charge in [0.15, 0.2) is 11.5 Å². The molecule has 0 bridgehead atoms. The van der Waals surface area contributed by atoms with E-state index in [4.69, 9.17) is 13.9 Å². The zero-order valence-corrected chi connectivity index (χ0v) is 16.1. The lowest BCUT2D eigenvalue weighted by Gasteiger charge is -2.12. The van der Waals surface area contributed by atoms with Gasteiger partial charge in [-0.15, -0.1) is 0 Å². The zero-order valence-electron chi connectivity index (χ0n) is 16.1. The highest BCUT2D eigenvalue weighted by Crippen LogP contribution is 2.31. The first-order valence-corrected chi connectivity index (χ1v) is 9.07. The van der Waals surface area contributed by atoms with E-state index in [1.165, 1.54) is 36.4 Å². The van der Waals surface area contributed by atoms with Crippen LogP contribution in [0, 0.1) is 17.1 Å². The number of nitriles is 1. The third-order valence-electron chi connectivity index (χ3n) is 4.09. The van der Waals surface area contributed by atoms with Gasteiger partial charge in [0.2, 0.25) is 0 Å². The second-order valence-electron chi connectivity index (χ2n) is 6.16. The van der Waals surface area contributed by atoms with Gasteiger partial charge < -0.3 is 23.8 Å². The highest BCUT2D eigenvalue weighted by atomic mass is 19.1.